The highest BCUT2D eigenvalue weighted by molar-refractivity contribution is 9.11. The Balaban J connectivity index is 1.26. The van der Waals surface area contributed by atoms with Crippen LogP contribution >= 0.6 is 31.9 Å². The second kappa shape index (κ2) is 10.8. The lowest BCUT2D eigenvalue weighted by Crippen LogP contribution is -2.49. The zero-order chi connectivity index (χ0) is 21.6. The van der Waals surface area contributed by atoms with Gasteiger partial charge in [-0.2, -0.15) is 0 Å². The molecule has 8 heteroatoms. The van der Waals surface area contributed by atoms with Crippen LogP contribution in [0.3, 0.4) is 0 Å². The normalized spacial score (nSPS) is 18.1. The van der Waals surface area contributed by atoms with E-state index in [-0.39, 0.29) is 6.03 Å². The van der Waals surface area contributed by atoms with Crippen molar-refractivity contribution < 1.29 is 9.53 Å². The molecule has 2 heterocycles. The number of hydrogen-bond acceptors (Lipinski definition) is 4. The van der Waals surface area contributed by atoms with Gasteiger partial charge in [0, 0.05) is 37.2 Å². The van der Waals surface area contributed by atoms with Gasteiger partial charge in [-0.3, -0.25) is 4.90 Å². The highest BCUT2D eigenvalue weighted by atomic mass is 79.9. The van der Waals surface area contributed by atoms with Crippen molar-refractivity contribution in [2.75, 3.05) is 44.6 Å². The summed E-state index contributed by atoms with van der Waals surface area (Å²) in [6.07, 6.45) is 2.39. The summed E-state index contributed by atoms with van der Waals surface area (Å²) in [5.74, 6) is 0.921. The number of carbonyl (C=O) groups excluding carboxylic acids is 1. The van der Waals surface area contributed by atoms with Gasteiger partial charge in [0.25, 0.3) is 0 Å². The van der Waals surface area contributed by atoms with Crippen LogP contribution in [0, 0.1) is 0 Å². The number of piperidine rings is 1. The number of carbonyl (C=O) groups is 1. The van der Waals surface area contributed by atoms with Crippen LogP contribution in [0.4, 0.5) is 10.5 Å². The number of rotatable bonds is 5. The van der Waals surface area contributed by atoms with Gasteiger partial charge in [0.2, 0.25) is 0 Å². The van der Waals surface area contributed by atoms with Crippen LogP contribution < -0.4 is 15.4 Å². The summed E-state index contributed by atoms with van der Waals surface area (Å²) in [7, 11) is 0. The van der Waals surface area contributed by atoms with Gasteiger partial charge < -0.3 is 20.3 Å². The second-order valence-electron chi connectivity index (χ2n) is 8.01. The van der Waals surface area contributed by atoms with Gasteiger partial charge in [0.15, 0.2) is 0 Å². The minimum Gasteiger partial charge on any atom is -0.489 e. The fourth-order valence-electron chi connectivity index (χ4n) is 3.96. The molecule has 166 valence electrons. The number of piperazine rings is 1. The molecular formula is C23H28Br2N4O2. The van der Waals surface area contributed by atoms with E-state index in [1.807, 2.05) is 29.2 Å². The number of ether oxygens (including phenoxy) is 1. The molecule has 2 amide bonds. The van der Waals surface area contributed by atoms with E-state index in [1.165, 1.54) is 5.56 Å². The molecule has 2 saturated heterocycles. The van der Waals surface area contributed by atoms with Crippen molar-refractivity contribution in [2.45, 2.75) is 25.5 Å². The molecule has 0 bridgehead atoms. The molecule has 0 aliphatic carbocycles. The fourth-order valence-corrected chi connectivity index (χ4v) is 4.86. The van der Waals surface area contributed by atoms with Crippen molar-refractivity contribution in [3.63, 3.8) is 0 Å². The molecule has 2 fully saturated rings. The molecule has 0 unspecified atom stereocenters. The Morgan fingerprint density at radius 1 is 1.03 bits per heavy atom. The molecular weight excluding hydrogens is 524 g/mol. The predicted molar refractivity (Wildman–Crippen MR) is 131 cm³/mol. The van der Waals surface area contributed by atoms with Crippen LogP contribution in [0.5, 0.6) is 5.75 Å². The molecule has 2 N–H and O–H groups in total. The number of amides is 2. The first-order valence-corrected chi connectivity index (χ1v) is 12.4. The van der Waals surface area contributed by atoms with Crippen molar-refractivity contribution in [3.8, 4) is 5.75 Å². The lowest BCUT2D eigenvalue weighted by molar-refractivity contribution is 0.142. The van der Waals surface area contributed by atoms with Crippen molar-refractivity contribution in [2.24, 2.45) is 0 Å². The number of nitrogens with one attached hydrogen (secondary N) is 2. The summed E-state index contributed by atoms with van der Waals surface area (Å²) in [6.45, 7) is 6.05. The van der Waals surface area contributed by atoms with Gasteiger partial charge in [0.05, 0.1) is 10.2 Å². The summed E-state index contributed by atoms with van der Waals surface area (Å²) in [5, 5.41) is 6.36. The van der Waals surface area contributed by atoms with Gasteiger partial charge in [0.1, 0.15) is 11.9 Å². The molecule has 0 aromatic heterocycles. The number of nitrogens with zero attached hydrogens (tertiary/aromatic N) is 2. The lowest BCUT2D eigenvalue weighted by Gasteiger charge is -2.34. The smallest absolute Gasteiger partial charge is 0.321 e. The summed E-state index contributed by atoms with van der Waals surface area (Å²) in [5.41, 5.74) is 2.04. The number of anilines is 1. The molecule has 2 aromatic carbocycles. The first-order valence-electron chi connectivity index (χ1n) is 10.8. The van der Waals surface area contributed by atoms with E-state index >= 15 is 0 Å². The van der Waals surface area contributed by atoms with E-state index in [9.17, 15) is 4.79 Å². The van der Waals surface area contributed by atoms with E-state index < -0.39 is 0 Å². The molecule has 2 aliphatic rings. The van der Waals surface area contributed by atoms with Crippen molar-refractivity contribution in [3.05, 3.63) is 57.0 Å². The highest BCUT2D eigenvalue weighted by Crippen LogP contribution is 2.29. The maximum absolute atomic E-state index is 12.6. The second-order valence-corrected chi connectivity index (χ2v) is 9.71. The number of halogens is 2. The Bertz CT molecular complexity index is 897. The van der Waals surface area contributed by atoms with E-state index in [4.69, 9.17) is 4.74 Å². The van der Waals surface area contributed by atoms with Crippen LogP contribution in [-0.2, 0) is 6.54 Å². The standard InChI is InChI=1S/C23H28Br2N4O2/c24-19-3-1-2-4-21(19)27-23(30)29-13-11-28(12-14-29)16-17-5-6-22(20(25)15-17)31-18-7-9-26-10-8-18/h1-6,15,18,26H,7-14,16H2,(H,27,30). The number of hydrogen-bond donors (Lipinski definition) is 2. The molecule has 31 heavy (non-hydrogen) atoms. The third-order valence-electron chi connectivity index (χ3n) is 5.76. The summed E-state index contributed by atoms with van der Waals surface area (Å²) in [6, 6.07) is 14.0. The van der Waals surface area contributed by atoms with Gasteiger partial charge in [-0.05, 0) is 87.6 Å². The Morgan fingerprint density at radius 3 is 2.48 bits per heavy atom. The van der Waals surface area contributed by atoms with Crippen LogP contribution in [0.2, 0.25) is 0 Å². The van der Waals surface area contributed by atoms with E-state index in [2.05, 4.69) is 65.6 Å². The summed E-state index contributed by atoms with van der Waals surface area (Å²) >= 11 is 7.16. The first kappa shape index (κ1) is 22.6. The highest BCUT2D eigenvalue weighted by Gasteiger charge is 2.22. The Hall–Kier alpha value is -1.61. The average molecular weight is 552 g/mol. The Morgan fingerprint density at radius 2 is 1.77 bits per heavy atom. The molecule has 2 aromatic rings. The third-order valence-corrected chi connectivity index (χ3v) is 7.07. The molecule has 0 radical (unpaired) electrons. The van der Waals surface area contributed by atoms with Crippen molar-refractivity contribution in [1.29, 1.82) is 0 Å². The largest absolute Gasteiger partial charge is 0.489 e. The van der Waals surface area contributed by atoms with Crippen LogP contribution in [0.25, 0.3) is 0 Å². The minimum absolute atomic E-state index is 0.0475. The summed E-state index contributed by atoms with van der Waals surface area (Å²) in [4.78, 5) is 16.8. The minimum atomic E-state index is -0.0475. The zero-order valence-corrected chi connectivity index (χ0v) is 20.6. The molecule has 4 rings (SSSR count). The maximum atomic E-state index is 12.6. The molecule has 0 saturated carbocycles. The summed E-state index contributed by atoms with van der Waals surface area (Å²) < 4.78 is 8.07. The first-order chi connectivity index (χ1) is 15.1. The SMILES string of the molecule is O=C(Nc1ccccc1Br)N1CCN(Cc2ccc(OC3CCNCC3)c(Br)c2)CC1. The zero-order valence-electron chi connectivity index (χ0n) is 17.4. The average Bonchev–Trinajstić information content (AvgIpc) is 2.78. The third kappa shape index (κ3) is 6.22. The van der Waals surface area contributed by atoms with Crippen LogP contribution in [0.15, 0.2) is 51.4 Å². The van der Waals surface area contributed by atoms with E-state index in [0.717, 1.165) is 65.9 Å². The molecule has 2 aliphatic heterocycles. The topological polar surface area (TPSA) is 56.8 Å². The number of urea groups is 1. The van der Waals surface area contributed by atoms with Crippen LogP contribution in [-0.4, -0.2) is 61.2 Å². The Labute approximate surface area is 200 Å². The Kier molecular flexibility index (Phi) is 7.87. The van der Waals surface area contributed by atoms with Gasteiger partial charge >= 0.3 is 6.03 Å². The van der Waals surface area contributed by atoms with E-state index in [0.29, 0.717) is 19.2 Å². The monoisotopic (exact) mass is 550 g/mol. The molecule has 6 nitrogen and oxygen atoms in total. The number of para-hydroxylation sites is 1. The quantitative estimate of drug-likeness (QED) is 0.566. The molecule has 0 spiro atoms. The van der Waals surface area contributed by atoms with Crippen molar-refractivity contribution in [1.82, 2.24) is 15.1 Å². The molecule has 0 atom stereocenters. The van der Waals surface area contributed by atoms with Gasteiger partial charge in [-0.1, -0.05) is 18.2 Å². The fraction of sp³-hybridized carbons (Fsp3) is 0.435. The van der Waals surface area contributed by atoms with Crippen LogP contribution in [0.1, 0.15) is 18.4 Å². The van der Waals surface area contributed by atoms with Crippen molar-refractivity contribution >= 4 is 43.6 Å². The number of benzene rings is 2. The van der Waals surface area contributed by atoms with Gasteiger partial charge in [-0.25, -0.2) is 4.79 Å². The maximum Gasteiger partial charge on any atom is 0.321 e. The lowest BCUT2D eigenvalue weighted by atomic mass is 10.1. The van der Waals surface area contributed by atoms with E-state index in [1.54, 1.807) is 0 Å². The van der Waals surface area contributed by atoms with Gasteiger partial charge in [-0.15, -0.1) is 0 Å². The predicted octanol–water partition coefficient (Wildman–Crippen LogP) is 4.69.